The van der Waals surface area contributed by atoms with E-state index in [0.717, 1.165) is 4.90 Å². The molecule has 1 atom stereocenters. The maximum Gasteiger partial charge on any atom is 0.264 e. The smallest absolute Gasteiger partial charge is 0.264 e. The highest BCUT2D eigenvalue weighted by molar-refractivity contribution is 6.26. The molecule has 5 N–H and O–H groups in total. The van der Waals surface area contributed by atoms with E-state index in [1.54, 1.807) is 30.5 Å². The van der Waals surface area contributed by atoms with Crippen LogP contribution in [0.4, 0.5) is 22.9 Å². The minimum Gasteiger partial charge on any atom is -0.493 e. The Kier molecular flexibility index (Phi) is 8.15. The number of hydrogen-bond acceptors (Lipinski definition) is 11. The lowest BCUT2D eigenvalue weighted by atomic mass is 10.0. The lowest BCUT2D eigenvalue weighted by Gasteiger charge is -2.27. The number of aromatic nitrogens is 1. The van der Waals surface area contributed by atoms with Gasteiger partial charge in [-0.1, -0.05) is 0 Å². The molecule has 2 aromatic carbocycles. The van der Waals surface area contributed by atoms with E-state index >= 15 is 0 Å². The van der Waals surface area contributed by atoms with Crippen molar-refractivity contribution in [1.82, 2.24) is 15.2 Å². The molecule has 14 nitrogen and oxygen atoms in total. The molecule has 226 valence electrons. The number of carbonyl (C=O) groups excluding carboxylic acids is 5. The van der Waals surface area contributed by atoms with E-state index in [1.807, 2.05) is 0 Å². The zero-order valence-electron chi connectivity index (χ0n) is 23.9. The second-order valence-corrected chi connectivity index (χ2v) is 9.70. The number of nitrogens with two attached hydrogens (primary N) is 1. The molecular formula is C30H28N6O8. The maximum atomic E-state index is 13.2. The summed E-state index contributed by atoms with van der Waals surface area (Å²) in [7, 11) is 4.51. The summed E-state index contributed by atoms with van der Waals surface area (Å²) in [5.74, 6) is -1.52. The number of carbonyl (C=O) groups is 5. The van der Waals surface area contributed by atoms with Gasteiger partial charge in [0, 0.05) is 42.1 Å². The fourth-order valence-electron chi connectivity index (χ4n) is 4.98. The molecule has 3 aromatic rings. The Bertz CT molecular complexity index is 1710. The zero-order chi connectivity index (χ0) is 31.5. The van der Waals surface area contributed by atoms with Gasteiger partial charge in [-0.15, -0.1) is 0 Å². The van der Waals surface area contributed by atoms with Crippen LogP contribution in [0.2, 0.25) is 0 Å². The lowest BCUT2D eigenvalue weighted by molar-refractivity contribution is -0.136. The van der Waals surface area contributed by atoms with Crippen molar-refractivity contribution < 1.29 is 38.2 Å². The Morgan fingerprint density at radius 2 is 1.77 bits per heavy atom. The first-order valence-electron chi connectivity index (χ1n) is 13.3. The molecule has 2 aliphatic heterocycles. The molecule has 5 amide bonds. The van der Waals surface area contributed by atoms with Gasteiger partial charge in [0.05, 0.1) is 43.8 Å². The summed E-state index contributed by atoms with van der Waals surface area (Å²) in [6.45, 7) is 0. The van der Waals surface area contributed by atoms with Gasteiger partial charge in [0.15, 0.2) is 11.5 Å². The first kappa shape index (κ1) is 29.6. The van der Waals surface area contributed by atoms with Crippen molar-refractivity contribution in [2.45, 2.75) is 18.9 Å². The highest BCUT2D eigenvalue weighted by Crippen LogP contribution is 2.41. The van der Waals surface area contributed by atoms with Gasteiger partial charge in [-0.2, -0.15) is 0 Å². The van der Waals surface area contributed by atoms with Gasteiger partial charge < -0.3 is 30.6 Å². The number of hydrogen-bond donors (Lipinski definition) is 4. The minimum atomic E-state index is -1.14. The molecule has 1 saturated heterocycles. The predicted molar refractivity (Wildman–Crippen MR) is 159 cm³/mol. The summed E-state index contributed by atoms with van der Waals surface area (Å²) < 4.78 is 16.2. The number of fused-ring (bicyclic) bond motifs is 1. The van der Waals surface area contributed by atoms with Crippen LogP contribution in [0.3, 0.4) is 0 Å². The lowest BCUT2D eigenvalue weighted by Crippen LogP contribution is -2.54. The van der Waals surface area contributed by atoms with E-state index in [1.165, 1.54) is 45.6 Å². The molecule has 0 aliphatic carbocycles. The van der Waals surface area contributed by atoms with Gasteiger partial charge in [0.2, 0.25) is 23.5 Å². The number of methoxy groups -OCH3 is 3. The molecule has 1 unspecified atom stereocenters. The van der Waals surface area contributed by atoms with Crippen LogP contribution in [0, 0.1) is 0 Å². The molecule has 2 aliphatic rings. The van der Waals surface area contributed by atoms with Crippen molar-refractivity contribution in [3.8, 4) is 17.2 Å². The number of anilines is 4. The standard InChI is InChI=1S/C30H28N6O8/c1-42-20-13-16(14-21(43-2)26(20)44-3)33-27-15(5-4-12-32-27)6-10-22(37)34-18-8-7-17-24(25(18)31)30(41)36(29(17)40)19-9-11-23(38)35-28(19)39/h4-8,10,12-14,19H,9,11,31H2,1-3H3,(H,32,33)(H,34,37)(H,35,38,39)/b10-6+. The number of piperidine rings is 1. The van der Waals surface area contributed by atoms with Gasteiger partial charge in [-0.05, 0) is 36.8 Å². The third kappa shape index (κ3) is 5.47. The summed E-state index contributed by atoms with van der Waals surface area (Å²) in [4.78, 5) is 68.1. The number of pyridine rings is 1. The van der Waals surface area contributed by atoms with E-state index in [-0.39, 0.29) is 35.3 Å². The molecular weight excluding hydrogens is 572 g/mol. The van der Waals surface area contributed by atoms with E-state index in [4.69, 9.17) is 19.9 Å². The number of nitrogens with zero attached hydrogens (tertiary/aromatic N) is 2. The molecule has 0 bridgehead atoms. The van der Waals surface area contributed by atoms with E-state index in [9.17, 15) is 24.0 Å². The normalized spacial score (nSPS) is 16.1. The highest BCUT2D eigenvalue weighted by atomic mass is 16.5. The second kappa shape index (κ2) is 12.1. The van der Waals surface area contributed by atoms with Gasteiger partial charge in [0.25, 0.3) is 11.8 Å². The quantitative estimate of drug-likeness (QED) is 0.160. The third-order valence-corrected chi connectivity index (χ3v) is 7.09. The third-order valence-electron chi connectivity index (χ3n) is 7.09. The van der Waals surface area contributed by atoms with Crippen LogP contribution in [0.1, 0.15) is 39.1 Å². The number of amides is 5. The van der Waals surface area contributed by atoms with Gasteiger partial charge in [-0.25, -0.2) is 4.98 Å². The number of imide groups is 2. The largest absolute Gasteiger partial charge is 0.493 e. The Balaban J connectivity index is 1.33. The Hall–Kier alpha value is -5.92. The fraction of sp³-hybridized carbons (Fsp3) is 0.200. The van der Waals surface area contributed by atoms with Crippen LogP contribution < -0.4 is 35.9 Å². The monoisotopic (exact) mass is 600 g/mol. The van der Waals surface area contributed by atoms with E-state index in [2.05, 4.69) is 20.9 Å². The van der Waals surface area contributed by atoms with Crippen LogP contribution >= 0.6 is 0 Å². The Morgan fingerprint density at radius 1 is 1.05 bits per heavy atom. The van der Waals surface area contributed by atoms with E-state index in [0.29, 0.717) is 34.3 Å². The molecule has 0 spiro atoms. The first-order valence-corrected chi connectivity index (χ1v) is 13.3. The second-order valence-electron chi connectivity index (χ2n) is 9.70. The molecule has 0 radical (unpaired) electrons. The summed E-state index contributed by atoms with van der Waals surface area (Å²) in [6.07, 6.45) is 4.37. The highest BCUT2D eigenvalue weighted by Gasteiger charge is 2.45. The predicted octanol–water partition coefficient (Wildman–Crippen LogP) is 2.49. The molecule has 44 heavy (non-hydrogen) atoms. The summed E-state index contributed by atoms with van der Waals surface area (Å²) >= 11 is 0. The van der Waals surface area contributed by atoms with Crippen LogP contribution in [-0.4, -0.2) is 66.8 Å². The molecule has 5 rings (SSSR count). The van der Waals surface area contributed by atoms with Crippen molar-refractivity contribution in [2.24, 2.45) is 0 Å². The van der Waals surface area contributed by atoms with Crippen molar-refractivity contribution >= 4 is 58.5 Å². The van der Waals surface area contributed by atoms with Crippen molar-refractivity contribution in [1.29, 1.82) is 0 Å². The summed E-state index contributed by atoms with van der Waals surface area (Å²) in [5.41, 5.74) is 7.25. The Labute approximate surface area is 251 Å². The van der Waals surface area contributed by atoms with E-state index < -0.39 is 35.6 Å². The average molecular weight is 601 g/mol. The molecule has 1 aromatic heterocycles. The fourth-order valence-corrected chi connectivity index (χ4v) is 4.98. The average Bonchev–Trinajstić information content (AvgIpc) is 3.27. The number of nitrogen functional groups attached to an aromatic ring is 1. The summed E-state index contributed by atoms with van der Waals surface area (Å²) in [6, 6.07) is 8.49. The number of ether oxygens (including phenoxy) is 3. The molecule has 3 heterocycles. The first-order chi connectivity index (χ1) is 21.2. The van der Waals surface area contributed by atoms with Crippen molar-refractivity contribution in [3.05, 3.63) is 65.4 Å². The van der Waals surface area contributed by atoms with Crippen LogP contribution in [0.25, 0.3) is 6.08 Å². The topological polar surface area (TPSA) is 191 Å². The maximum absolute atomic E-state index is 13.2. The molecule has 14 heteroatoms. The van der Waals surface area contributed by atoms with Gasteiger partial charge in [-0.3, -0.25) is 34.2 Å². The minimum absolute atomic E-state index is 0.00334. The SMILES string of the molecule is COc1cc(Nc2ncccc2/C=C/C(=O)Nc2ccc3c(c2N)C(=O)N(C2CCC(=O)NC2=O)C3=O)cc(OC)c1OC. The number of rotatable bonds is 9. The van der Waals surface area contributed by atoms with Gasteiger partial charge >= 0.3 is 0 Å². The zero-order valence-corrected chi connectivity index (χ0v) is 23.9. The number of benzene rings is 2. The van der Waals surface area contributed by atoms with Crippen LogP contribution in [0.15, 0.2) is 48.7 Å². The molecule has 0 saturated carbocycles. The number of nitrogens with one attached hydrogen (secondary N) is 3. The van der Waals surface area contributed by atoms with Crippen LogP contribution in [0.5, 0.6) is 17.2 Å². The summed E-state index contributed by atoms with van der Waals surface area (Å²) in [5, 5.41) is 7.94. The van der Waals surface area contributed by atoms with Crippen LogP contribution in [-0.2, 0) is 14.4 Å². The van der Waals surface area contributed by atoms with Gasteiger partial charge in [0.1, 0.15) is 11.9 Å². The Morgan fingerprint density at radius 3 is 2.43 bits per heavy atom. The van der Waals surface area contributed by atoms with Crippen molar-refractivity contribution in [3.63, 3.8) is 0 Å². The van der Waals surface area contributed by atoms with Crippen molar-refractivity contribution in [2.75, 3.05) is 37.7 Å². The molecule has 1 fully saturated rings.